The van der Waals surface area contributed by atoms with Gasteiger partial charge in [-0.25, -0.2) is 4.79 Å². The molecule has 1 aliphatic rings. The second kappa shape index (κ2) is 8.20. The smallest absolute Gasteiger partial charge is 0.341 e. The van der Waals surface area contributed by atoms with Crippen LogP contribution in [0.4, 0.5) is 0 Å². The first-order valence-electron chi connectivity index (χ1n) is 8.49. The van der Waals surface area contributed by atoms with E-state index < -0.39 is 12.6 Å². The van der Waals surface area contributed by atoms with E-state index in [2.05, 4.69) is 10.00 Å². The van der Waals surface area contributed by atoms with Crippen molar-refractivity contribution < 1.29 is 24.5 Å². The van der Waals surface area contributed by atoms with Crippen LogP contribution in [-0.2, 0) is 31.0 Å². The number of ether oxygens (including phenoxy) is 2. The molecule has 1 aromatic carbocycles. The molecule has 8 heteroatoms. The average Bonchev–Trinajstić information content (AvgIpc) is 2.92. The van der Waals surface area contributed by atoms with Crippen LogP contribution in [0.1, 0.15) is 23.4 Å². The zero-order valence-electron chi connectivity index (χ0n) is 14.7. The average molecular weight is 361 g/mol. The Morgan fingerprint density at radius 2 is 2.12 bits per heavy atom. The molecule has 0 saturated heterocycles. The summed E-state index contributed by atoms with van der Waals surface area (Å²) in [5.74, 6) is -0.0933. The van der Waals surface area contributed by atoms with E-state index in [1.165, 1.54) is 7.11 Å². The minimum absolute atomic E-state index is 0.0528. The highest BCUT2D eigenvalue weighted by Crippen LogP contribution is 2.29. The molecule has 2 heterocycles. The van der Waals surface area contributed by atoms with Crippen LogP contribution in [0.25, 0.3) is 0 Å². The topological polar surface area (TPSA) is 97.0 Å². The molecule has 0 spiro atoms. The van der Waals surface area contributed by atoms with Gasteiger partial charge in [0.15, 0.2) is 18.1 Å². The molecule has 0 bridgehead atoms. The number of aliphatic carboxylic acids is 1. The third kappa shape index (κ3) is 4.33. The highest BCUT2D eigenvalue weighted by molar-refractivity contribution is 5.68. The molecule has 0 saturated carbocycles. The molecular formula is C18H23N3O5. The molecule has 1 aromatic heterocycles. The summed E-state index contributed by atoms with van der Waals surface area (Å²) in [6, 6.07) is 7.50. The Labute approximate surface area is 151 Å². The monoisotopic (exact) mass is 361 g/mol. The highest BCUT2D eigenvalue weighted by atomic mass is 16.5. The summed E-state index contributed by atoms with van der Waals surface area (Å²) >= 11 is 0. The van der Waals surface area contributed by atoms with E-state index in [9.17, 15) is 9.90 Å². The molecule has 2 N–H and O–H groups in total. The third-order valence-electron chi connectivity index (χ3n) is 4.29. The lowest BCUT2D eigenvalue weighted by Gasteiger charge is -2.20. The van der Waals surface area contributed by atoms with E-state index in [1.54, 1.807) is 6.07 Å². The van der Waals surface area contributed by atoms with Gasteiger partial charge in [0.1, 0.15) is 0 Å². The fourth-order valence-corrected chi connectivity index (χ4v) is 3.13. The van der Waals surface area contributed by atoms with Gasteiger partial charge in [-0.3, -0.25) is 9.58 Å². The van der Waals surface area contributed by atoms with Crippen LogP contribution in [0.15, 0.2) is 24.3 Å². The number of nitrogens with zero attached hydrogens (tertiary/aromatic N) is 3. The van der Waals surface area contributed by atoms with E-state index in [4.69, 9.17) is 14.6 Å². The van der Waals surface area contributed by atoms with Crippen LogP contribution in [0.2, 0.25) is 0 Å². The summed E-state index contributed by atoms with van der Waals surface area (Å²) in [4.78, 5) is 13.1. The zero-order chi connectivity index (χ0) is 18.5. The molecule has 2 aromatic rings. The lowest BCUT2D eigenvalue weighted by Crippen LogP contribution is -2.22. The number of benzene rings is 1. The number of aliphatic hydroxyl groups is 1. The summed E-state index contributed by atoms with van der Waals surface area (Å²) in [5, 5.41) is 22.5. The maximum Gasteiger partial charge on any atom is 0.341 e. The van der Waals surface area contributed by atoms with Gasteiger partial charge in [-0.2, -0.15) is 5.10 Å². The van der Waals surface area contributed by atoms with Crippen molar-refractivity contribution in [2.45, 2.75) is 32.7 Å². The van der Waals surface area contributed by atoms with Crippen molar-refractivity contribution in [1.29, 1.82) is 0 Å². The summed E-state index contributed by atoms with van der Waals surface area (Å²) in [6.45, 7) is 2.74. The van der Waals surface area contributed by atoms with E-state index in [1.807, 2.05) is 22.9 Å². The minimum Gasteiger partial charge on any atom is -0.493 e. The predicted molar refractivity (Wildman–Crippen MR) is 93.0 cm³/mol. The van der Waals surface area contributed by atoms with Gasteiger partial charge in [-0.05, 0) is 30.2 Å². The van der Waals surface area contributed by atoms with Crippen molar-refractivity contribution in [2.24, 2.45) is 0 Å². The second-order valence-corrected chi connectivity index (χ2v) is 6.24. The van der Waals surface area contributed by atoms with Gasteiger partial charge < -0.3 is 19.7 Å². The lowest BCUT2D eigenvalue weighted by atomic mass is 10.1. The van der Waals surface area contributed by atoms with Gasteiger partial charge >= 0.3 is 5.97 Å². The lowest BCUT2D eigenvalue weighted by molar-refractivity contribution is -0.139. The Kier molecular flexibility index (Phi) is 5.75. The van der Waals surface area contributed by atoms with Crippen molar-refractivity contribution in [3.05, 3.63) is 41.2 Å². The number of methoxy groups -OCH3 is 1. The first-order valence-corrected chi connectivity index (χ1v) is 8.49. The van der Waals surface area contributed by atoms with E-state index in [-0.39, 0.29) is 6.61 Å². The molecule has 0 aliphatic carbocycles. The number of carboxylic acids is 1. The number of hydrogen-bond donors (Lipinski definition) is 2. The van der Waals surface area contributed by atoms with Crippen molar-refractivity contribution in [3.8, 4) is 11.5 Å². The number of hydrogen-bond acceptors (Lipinski definition) is 6. The molecule has 0 radical (unpaired) electrons. The fraction of sp³-hybridized carbons (Fsp3) is 0.444. The van der Waals surface area contributed by atoms with Crippen molar-refractivity contribution in [3.63, 3.8) is 0 Å². The number of rotatable bonds is 7. The minimum atomic E-state index is -1.03. The van der Waals surface area contributed by atoms with Gasteiger partial charge in [-0.1, -0.05) is 6.07 Å². The normalized spacial score (nSPS) is 14.5. The van der Waals surface area contributed by atoms with Gasteiger partial charge in [-0.15, -0.1) is 0 Å². The highest BCUT2D eigenvalue weighted by Gasteiger charge is 2.17. The van der Waals surface area contributed by atoms with Crippen LogP contribution in [-0.4, -0.2) is 51.1 Å². The molecule has 0 atom stereocenters. The number of aromatic nitrogens is 2. The van der Waals surface area contributed by atoms with Crippen LogP contribution >= 0.6 is 0 Å². The Balaban J connectivity index is 1.73. The SMILES string of the molecule is COc1ccc(CN2CCCn3nc(CO)cc3C2)cc1OCC(=O)O. The Morgan fingerprint density at radius 3 is 2.85 bits per heavy atom. The van der Waals surface area contributed by atoms with Crippen molar-refractivity contribution in [1.82, 2.24) is 14.7 Å². The maximum absolute atomic E-state index is 10.8. The zero-order valence-corrected chi connectivity index (χ0v) is 14.7. The summed E-state index contributed by atoms with van der Waals surface area (Å²) in [6.07, 6.45) is 0.970. The fourth-order valence-electron chi connectivity index (χ4n) is 3.13. The molecule has 140 valence electrons. The van der Waals surface area contributed by atoms with Gasteiger partial charge in [0.2, 0.25) is 0 Å². The van der Waals surface area contributed by atoms with Crippen LogP contribution in [0, 0.1) is 0 Å². The summed E-state index contributed by atoms with van der Waals surface area (Å²) in [7, 11) is 1.53. The van der Waals surface area contributed by atoms with Gasteiger partial charge in [0.05, 0.1) is 25.1 Å². The largest absolute Gasteiger partial charge is 0.493 e. The van der Waals surface area contributed by atoms with Gasteiger partial charge in [0.25, 0.3) is 0 Å². The summed E-state index contributed by atoms with van der Waals surface area (Å²) < 4.78 is 12.5. The van der Waals surface area contributed by atoms with Crippen molar-refractivity contribution in [2.75, 3.05) is 20.3 Å². The van der Waals surface area contributed by atoms with E-state index in [0.717, 1.165) is 37.3 Å². The van der Waals surface area contributed by atoms with Crippen LogP contribution < -0.4 is 9.47 Å². The Bertz CT molecular complexity index is 774. The standard InChI is InChI=1S/C18H23N3O5/c1-25-16-4-3-13(7-17(16)26-12-18(23)24)9-20-5-2-6-21-15(10-20)8-14(11-22)19-21/h3-4,7-8,22H,2,5-6,9-12H2,1H3,(H,23,24). The molecule has 1 aliphatic heterocycles. The van der Waals surface area contributed by atoms with E-state index in [0.29, 0.717) is 23.7 Å². The molecular weight excluding hydrogens is 338 g/mol. The molecule has 8 nitrogen and oxygen atoms in total. The summed E-state index contributed by atoms with van der Waals surface area (Å²) in [5.41, 5.74) is 2.79. The van der Waals surface area contributed by atoms with Crippen LogP contribution in [0.3, 0.4) is 0 Å². The first kappa shape index (κ1) is 18.2. The molecule has 0 amide bonds. The molecule has 0 fully saturated rings. The van der Waals surface area contributed by atoms with E-state index >= 15 is 0 Å². The quantitative estimate of drug-likeness (QED) is 0.766. The molecule has 0 unspecified atom stereocenters. The molecule has 3 rings (SSSR count). The van der Waals surface area contributed by atoms with Crippen LogP contribution in [0.5, 0.6) is 11.5 Å². The third-order valence-corrected chi connectivity index (χ3v) is 4.29. The van der Waals surface area contributed by atoms with Gasteiger partial charge in [0, 0.05) is 26.2 Å². The maximum atomic E-state index is 10.8. The second-order valence-electron chi connectivity index (χ2n) is 6.24. The number of aliphatic hydroxyl groups excluding tert-OH is 1. The predicted octanol–water partition coefficient (Wildman–Crippen LogP) is 1.25. The number of carboxylic acid groups (broad SMARTS) is 1. The van der Waals surface area contributed by atoms with Crippen molar-refractivity contribution >= 4 is 5.97 Å². The Morgan fingerprint density at radius 1 is 1.27 bits per heavy atom. The number of carbonyl (C=O) groups is 1. The number of aryl methyl sites for hydroxylation is 1. The molecule has 26 heavy (non-hydrogen) atoms. The Hall–Kier alpha value is -2.58. The first-order chi connectivity index (χ1) is 12.6. The number of fused-ring (bicyclic) bond motifs is 1.